The molecule has 3 aromatic rings. The third kappa shape index (κ3) is 6.44. The molecule has 1 aromatic heterocycles. The van der Waals surface area contributed by atoms with Crippen LogP contribution < -0.4 is 10.6 Å². The van der Waals surface area contributed by atoms with Crippen LogP contribution in [-0.2, 0) is 11.3 Å². The summed E-state index contributed by atoms with van der Waals surface area (Å²) in [5.74, 6) is 0.321. The Hall–Kier alpha value is -2.26. The van der Waals surface area contributed by atoms with Gasteiger partial charge in [-0.25, -0.2) is 0 Å². The monoisotopic (exact) mass is 539 g/mol. The molecule has 0 fully saturated rings. The molecule has 2 aromatic carbocycles. The first-order valence-electron chi connectivity index (χ1n) is 10.6. The van der Waals surface area contributed by atoms with E-state index in [1.165, 1.54) is 23.9 Å². The van der Waals surface area contributed by atoms with Crippen molar-refractivity contribution >= 4 is 64.1 Å². The SMILES string of the molecule is CCn1c(SCC(=O)Nc2cc(Cl)c(Cl)cc2Cl)nnc1[C@@H](NC(=O)c1ccccc1)C(C)C. The lowest BCUT2D eigenvalue weighted by Crippen LogP contribution is -2.33. The Morgan fingerprint density at radius 3 is 2.35 bits per heavy atom. The third-order valence-electron chi connectivity index (χ3n) is 4.95. The second-order valence-electron chi connectivity index (χ2n) is 7.73. The molecule has 11 heteroatoms. The fourth-order valence-electron chi connectivity index (χ4n) is 3.21. The molecule has 0 bridgehead atoms. The van der Waals surface area contributed by atoms with Crippen molar-refractivity contribution in [3.8, 4) is 0 Å². The number of carbonyl (C=O) groups is 2. The number of anilines is 1. The van der Waals surface area contributed by atoms with Crippen molar-refractivity contribution in [1.29, 1.82) is 0 Å². The van der Waals surface area contributed by atoms with Gasteiger partial charge < -0.3 is 15.2 Å². The van der Waals surface area contributed by atoms with Crippen LogP contribution in [-0.4, -0.2) is 32.3 Å². The first kappa shape index (κ1) is 26.3. The Balaban J connectivity index is 1.71. The van der Waals surface area contributed by atoms with Crippen molar-refractivity contribution in [3.05, 3.63) is 68.9 Å². The van der Waals surface area contributed by atoms with Gasteiger partial charge in [0.15, 0.2) is 11.0 Å². The molecule has 7 nitrogen and oxygen atoms in total. The second-order valence-corrected chi connectivity index (χ2v) is 9.89. The summed E-state index contributed by atoms with van der Waals surface area (Å²) in [6.45, 7) is 6.55. The maximum Gasteiger partial charge on any atom is 0.251 e. The minimum Gasteiger partial charge on any atom is -0.342 e. The molecule has 0 aliphatic carbocycles. The quantitative estimate of drug-likeness (QED) is 0.252. The highest BCUT2D eigenvalue weighted by molar-refractivity contribution is 7.99. The second kappa shape index (κ2) is 11.9. The van der Waals surface area contributed by atoms with Crippen LogP contribution in [0, 0.1) is 5.92 Å². The number of rotatable bonds is 9. The van der Waals surface area contributed by atoms with E-state index in [9.17, 15) is 9.59 Å². The average Bonchev–Trinajstić information content (AvgIpc) is 3.22. The summed E-state index contributed by atoms with van der Waals surface area (Å²) in [7, 11) is 0. The largest absolute Gasteiger partial charge is 0.342 e. The fourth-order valence-corrected chi connectivity index (χ4v) is 4.62. The summed E-state index contributed by atoms with van der Waals surface area (Å²) < 4.78 is 1.90. The maximum absolute atomic E-state index is 12.7. The molecule has 180 valence electrons. The van der Waals surface area contributed by atoms with Gasteiger partial charge in [0.05, 0.1) is 32.5 Å². The Morgan fingerprint density at radius 1 is 1.03 bits per heavy atom. The van der Waals surface area contributed by atoms with Crippen molar-refractivity contribution < 1.29 is 9.59 Å². The smallest absolute Gasteiger partial charge is 0.251 e. The maximum atomic E-state index is 12.7. The van der Waals surface area contributed by atoms with Gasteiger partial charge in [-0.3, -0.25) is 9.59 Å². The zero-order valence-corrected chi connectivity index (χ0v) is 21.9. The first-order chi connectivity index (χ1) is 16.2. The highest BCUT2D eigenvalue weighted by Gasteiger charge is 2.26. The minimum atomic E-state index is -0.349. The van der Waals surface area contributed by atoms with Crippen LogP contribution in [0.15, 0.2) is 47.6 Å². The van der Waals surface area contributed by atoms with E-state index in [0.29, 0.717) is 43.8 Å². The van der Waals surface area contributed by atoms with E-state index in [1.54, 1.807) is 12.1 Å². The van der Waals surface area contributed by atoms with Crippen molar-refractivity contribution in [2.75, 3.05) is 11.1 Å². The molecule has 0 aliphatic rings. The number of aromatic nitrogens is 3. The molecular formula is C23H24Cl3N5O2S. The third-order valence-corrected chi connectivity index (χ3v) is 6.95. The summed E-state index contributed by atoms with van der Waals surface area (Å²) in [6.07, 6.45) is 0. The normalized spacial score (nSPS) is 12.0. The number of hydrogen-bond acceptors (Lipinski definition) is 5. The summed E-state index contributed by atoms with van der Waals surface area (Å²) >= 11 is 19.3. The van der Waals surface area contributed by atoms with Crippen LogP contribution in [0.25, 0.3) is 0 Å². The van der Waals surface area contributed by atoms with Crippen LogP contribution in [0.3, 0.4) is 0 Å². The Morgan fingerprint density at radius 2 is 1.71 bits per heavy atom. The minimum absolute atomic E-state index is 0.0695. The zero-order chi connectivity index (χ0) is 24.8. The van der Waals surface area contributed by atoms with E-state index in [1.807, 2.05) is 43.5 Å². The van der Waals surface area contributed by atoms with Crippen LogP contribution in [0.5, 0.6) is 0 Å². The van der Waals surface area contributed by atoms with Gasteiger partial charge in [0.1, 0.15) is 0 Å². The predicted molar refractivity (Wildman–Crippen MR) is 138 cm³/mol. The lowest BCUT2D eigenvalue weighted by molar-refractivity contribution is -0.113. The number of thioether (sulfide) groups is 1. The molecule has 0 saturated carbocycles. The van der Waals surface area contributed by atoms with E-state index in [2.05, 4.69) is 20.8 Å². The van der Waals surface area contributed by atoms with E-state index in [0.717, 1.165) is 0 Å². The molecule has 0 spiro atoms. The van der Waals surface area contributed by atoms with Gasteiger partial charge >= 0.3 is 0 Å². The number of nitrogens with one attached hydrogen (secondary N) is 2. The molecular weight excluding hydrogens is 517 g/mol. The van der Waals surface area contributed by atoms with Gasteiger partial charge in [0.25, 0.3) is 5.91 Å². The van der Waals surface area contributed by atoms with E-state index < -0.39 is 0 Å². The molecule has 0 unspecified atom stereocenters. The molecule has 3 rings (SSSR count). The lowest BCUT2D eigenvalue weighted by atomic mass is 10.0. The Bertz CT molecular complexity index is 1170. The summed E-state index contributed by atoms with van der Waals surface area (Å²) in [6, 6.07) is 11.7. The highest BCUT2D eigenvalue weighted by atomic mass is 35.5. The number of halogens is 3. The number of amides is 2. The van der Waals surface area contributed by atoms with Gasteiger partial charge in [-0.2, -0.15) is 0 Å². The fraction of sp³-hybridized carbons (Fsp3) is 0.304. The van der Waals surface area contributed by atoms with E-state index in [4.69, 9.17) is 34.8 Å². The molecule has 0 aliphatic heterocycles. The van der Waals surface area contributed by atoms with E-state index >= 15 is 0 Å². The zero-order valence-electron chi connectivity index (χ0n) is 18.8. The van der Waals surface area contributed by atoms with Crippen molar-refractivity contribution in [3.63, 3.8) is 0 Å². The van der Waals surface area contributed by atoms with Crippen LogP contribution >= 0.6 is 46.6 Å². The van der Waals surface area contributed by atoms with Gasteiger partial charge in [0.2, 0.25) is 5.91 Å². The predicted octanol–water partition coefficient (Wildman–Crippen LogP) is 6.12. The van der Waals surface area contributed by atoms with Gasteiger partial charge in [-0.05, 0) is 37.1 Å². The van der Waals surface area contributed by atoms with Crippen molar-refractivity contribution in [2.24, 2.45) is 5.92 Å². The molecule has 2 N–H and O–H groups in total. The molecule has 2 amide bonds. The number of nitrogens with zero attached hydrogens (tertiary/aromatic N) is 3. The molecule has 34 heavy (non-hydrogen) atoms. The van der Waals surface area contributed by atoms with Crippen molar-refractivity contribution in [2.45, 2.75) is 38.5 Å². The van der Waals surface area contributed by atoms with Crippen molar-refractivity contribution in [1.82, 2.24) is 20.1 Å². The number of carbonyl (C=O) groups excluding carboxylic acids is 2. The first-order valence-corrected chi connectivity index (χ1v) is 12.7. The Kier molecular flexibility index (Phi) is 9.24. The van der Waals surface area contributed by atoms with Gasteiger partial charge in [-0.1, -0.05) is 78.6 Å². The van der Waals surface area contributed by atoms with Gasteiger partial charge in [0, 0.05) is 12.1 Å². The van der Waals surface area contributed by atoms with E-state index in [-0.39, 0.29) is 29.5 Å². The number of hydrogen-bond donors (Lipinski definition) is 2. The topological polar surface area (TPSA) is 88.9 Å². The van der Waals surface area contributed by atoms with Crippen LogP contribution in [0.4, 0.5) is 5.69 Å². The molecule has 0 radical (unpaired) electrons. The standard InChI is InChI=1S/C23H24Cl3N5O2S/c1-4-31-21(20(13(2)3)28-22(33)14-8-6-5-7-9-14)29-30-23(31)34-12-19(32)27-18-11-16(25)15(24)10-17(18)26/h5-11,13,20H,4,12H2,1-3H3,(H,27,32)(H,28,33)/t20-/m0/s1. The number of benzene rings is 2. The summed E-state index contributed by atoms with van der Waals surface area (Å²) in [5, 5.41) is 15.9. The molecule has 1 heterocycles. The Labute approximate surface area is 217 Å². The summed E-state index contributed by atoms with van der Waals surface area (Å²) in [5.41, 5.74) is 0.950. The average molecular weight is 541 g/mol. The lowest BCUT2D eigenvalue weighted by Gasteiger charge is -2.22. The molecule has 0 saturated heterocycles. The van der Waals surface area contributed by atoms with Crippen LogP contribution in [0.2, 0.25) is 15.1 Å². The van der Waals surface area contributed by atoms with Gasteiger partial charge in [-0.15, -0.1) is 10.2 Å². The van der Waals surface area contributed by atoms with Crippen LogP contribution in [0.1, 0.15) is 43.0 Å². The molecule has 1 atom stereocenters. The highest BCUT2D eigenvalue weighted by Crippen LogP contribution is 2.32. The summed E-state index contributed by atoms with van der Waals surface area (Å²) in [4.78, 5) is 25.2.